The highest BCUT2D eigenvalue weighted by molar-refractivity contribution is 6.33. The summed E-state index contributed by atoms with van der Waals surface area (Å²) in [4.78, 5) is 8.91. The zero-order valence-corrected chi connectivity index (χ0v) is 15.1. The van der Waals surface area contributed by atoms with Crippen LogP contribution in [0.15, 0.2) is 40.9 Å². The third-order valence-corrected chi connectivity index (χ3v) is 4.87. The van der Waals surface area contributed by atoms with Crippen molar-refractivity contribution in [3.63, 3.8) is 0 Å². The number of aryl methyl sites for hydroxylation is 1. The molecule has 0 spiro atoms. The lowest BCUT2D eigenvalue weighted by Crippen LogP contribution is -2.27. The number of halogens is 1. The second-order valence-corrected chi connectivity index (χ2v) is 6.97. The Hall–Kier alpha value is -2.44. The molecule has 0 unspecified atom stereocenters. The molecule has 1 aliphatic carbocycles. The van der Waals surface area contributed by atoms with Crippen molar-refractivity contribution in [2.24, 2.45) is 0 Å². The number of rotatable bonds is 5. The SMILES string of the molecule is Cc1nc(NCc2cc(-c3ccccc3Cl)on2)cc(C2CC(O)C2)n1. The van der Waals surface area contributed by atoms with E-state index in [2.05, 4.69) is 20.4 Å². The minimum absolute atomic E-state index is 0.204. The fourth-order valence-electron chi connectivity index (χ4n) is 3.08. The quantitative estimate of drug-likeness (QED) is 0.707. The second kappa shape index (κ2) is 7.05. The maximum Gasteiger partial charge on any atom is 0.168 e. The molecule has 26 heavy (non-hydrogen) atoms. The first-order chi connectivity index (χ1) is 12.6. The van der Waals surface area contributed by atoms with Crippen LogP contribution < -0.4 is 5.32 Å². The average molecular weight is 371 g/mol. The van der Waals surface area contributed by atoms with Gasteiger partial charge in [0.1, 0.15) is 17.3 Å². The Bertz CT molecular complexity index is 921. The number of hydrogen-bond donors (Lipinski definition) is 2. The first kappa shape index (κ1) is 17.0. The first-order valence-electron chi connectivity index (χ1n) is 8.56. The van der Waals surface area contributed by atoms with E-state index in [4.69, 9.17) is 16.1 Å². The summed E-state index contributed by atoms with van der Waals surface area (Å²) >= 11 is 6.20. The molecule has 1 saturated carbocycles. The van der Waals surface area contributed by atoms with E-state index < -0.39 is 0 Å². The number of hydrogen-bond acceptors (Lipinski definition) is 6. The van der Waals surface area contributed by atoms with Gasteiger partial charge in [-0.2, -0.15) is 0 Å². The summed E-state index contributed by atoms with van der Waals surface area (Å²) in [7, 11) is 0. The lowest BCUT2D eigenvalue weighted by molar-refractivity contribution is 0.0731. The van der Waals surface area contributed by atoms with Gasteiger partial charge in [0.15, 0.2) is 5.76 Å². The van der Waals surface area contributed by atoms with Gasteiger partial charge in [-0.05, 0) is 31.9 Å². The summed E-state index contributed by atoms with van der Waals surface area (Å²) in [6, 6.07) is 11.3. The zero-order chi connectivity index (χ0) is 18.1. The first-order valence-corrected chi connectivity index (χ1v) is 8.94. The van der Waals surface area contributed by atoms with Gasteiger partial charge in [0.2, 0.25) is 0 Å². The lowest BCUT2D eigenvalue weighted by Gasteiger charge is -2.31. The molecule has 134 valence electrons. The van der Waals surface area contributed by atoms with Crippen molar-refractivity contribution in [3.05, 3.63) is 58.6 Å². The van der Waals surface area contributed by atoms with Crippen LogP contribution in [-0.4, -0.2) is 26.3 Å². The molecule has 6 nitrogen and oxygen atoms in total. The molecule has 1 aromatic carbocycles. The van der Waals surface area contributed by atoms with E-state index in [-0.39, 0.29) is 6.10 Å². The molecule has 7 heteroatoms. The maximum absolute atomic E-state index is 9.50. The van der Waals surface area contributed by atoms with Crippen LogP contribution in [0.4, 0.5) is 5.82 Å². The largest absolute Gasteiger partial charge is 0.393 e. The molecule has 1 fully saturated rings. The molecule has 2 aromatic heterocycles. The number of aromatic nitrogens is 3. The van der Waals surface area contributed by atoms with Crippen LogP contribution in [0.25, 0.3) is 11.3 Å². The molecule has 0 saturated heterocycles. The standard InChI is InChI=1S/C19H19ClN4O2/c1-11-22-17(12-6-14(25)7-12)9-19(23-11)21-10-13-8-18(26-24-13)15-4-2-3-5-16(15)20/h2-5,8-9,12,14,25H,6-7,10H2,1H3,(H,21,22,23). The van der Waals surface area contributed by atoms with Gasteiger partial charge in [-0.25, -0.2) is 9.97 Å². The van der Waals surface area contributed by atoms with Crippen LogP contribution in [0.2, 0.25) is 5.02 Å². The van der Waals surface area contributed by atoms with E-state index in [0.717, 1.165) is 35.6 Å². The number of benzene rings is 1. The Kier molecular flexibility index (Phi) is 4.61. The van der Waals surface area contributed by atoms with E-state index in [9.17, 15) is 5.11 Å². The van der Waals surface area contributed by atoms with Crippen molar-refractivity contribution < 1.29 is 9.63 Å². The third-order valence-electron chi connectivity index (χ3n) is 4.54. The molecule has 2 heterocycles. The predicted molar refractivity (Wildman–Crippen MR) is 99.0 cm³/mol. The average Bonchev–Trinajstić information content (AvgIpc) is 3.06. The number of nitrogens with one attached hydrogen (secondary N) is 1. The highest BCUT2D eigenvalue weighted by Gasteiger charge is 2.30. The monoisotopic (exact) mass is 370 g/mol. The van der Waals surface area contributed by atoms with Crippen LogP contribution in [0.3, 0.4) is 0 Å². The molecular weight excluding hydrogens is 352 g/mol. The molecule has 4 rings (SSSR count). The Morgan fingerprint density at radius 3 is 2.81 bits per heavy atom. The van der Waals surface area contributed by atoms with Crippen molar-refractivity contribution in [1.29, 1.82) is 0 Å². The van der Waals surface area contributed by atoms with E-state index in [0.29, 0.717) is 29.1 Å². The van der Waals surface area contributed by atoms with Crippen LogP contribution in [0, 0.1) is 6.92 Å². The number of nitrogens with zero attached hydrogens (tertiary/aromatic N) is 3. The van der Waals surface area contributed by atoms with Crippen molar-refractivity contribution in [2.45, 2.75) is 38.3 Å². The van der Waals surface area contributed by atoms with Gasteiger partial charge in [-0.3, -0.25) is 0 Å². The smallest absolute Gasteiger partial charge is 0.168 e. The van der Waals surface area contributed by atoms with Crippen LogP contribution in [-0.2, 0) is 6.54 Å². The molecule has 0 bridgehead atoms. The summed E-state index contributed by atoms with van der Waals surface area (Å²) in [5.74, 6) is 2.40. The summed E-state index contributed by atoms with van der Waals surface area (Å²) in [6.07, 6.45) is 1.32. The summed E-state index contributed by atoms with van der Waals surface area (Å²) in [5, 5.41) is 17.5. The Balaban J connectivity index is 1.46. The highest BCUT2D eigenvalue weighted by Crippen LogP contribution is 2.36. The molecular formula is C19H19ClN4O2. The Morgan fingerprint density at radius 1 is 1.23 bits per heavy atom. The summed E-state index contributed by atoms with van der Waals surface area (Å²) < 4.78 is 5.41. The molecule has 3 aromatic rings. The molecule has 1 aliphatic rings. The van der Waals surface area contributed by atoms with E-state index in [1.807, 2.05) is 43.3 Å². The van der Waals surface area contributed by atoms with Gasteiger partial charge in [-0.15, -0.1) is 0 Å². The van der Waals surface area contributed by atoms with Crippen molar-refractivity contribution >= 4 is 17.4 Å². The van der Waals surface area contributed by atoms with Crippen molar-refractivity contribution in [2.75, 3.05) is 5.32 Å². The molecule has 0 amide bonds. The fourth-order valence-corrected chi connectivity index (χ4v) is 3.31. The number of anilines is 1. The normalized spacial score (nSPS) is 19.2. The van der Waals surface area contributed by atoms with Gasteiger partial charge in [-0.1, -0.05) is 28.9 Å². The highest BCUT2D eigenvalue weighted by atomic mass is 35.5. The minimum atomic E-state index is -0.204. The van der Waals surface area contributed by atoms with Gasteiger partial charge in [0, 0.05) is 29.3 Å². The Morgan fingerprint density at radius 2 is 2.04 bits per heavy atom. The van der Waals surface area contributed by atoms with Gasteiger partial charge in [0.25, 0.3) is 0 Å². The van der Waals surface area contributed by atoms with Crippen molar-refractivity contribution in [1.82, 2.24) is 15.1 Å². The summed E-state index contributed by atoms with van der Waals surface area (Å²) in [6.45, 7) is 2.35. The van der Waals surface area contributed by atoms with Gasteiger partial charge in [0.05, 0.1) is 17.7 Å². The maximum atomic E-state index is 9.50. The van der Waals surface area contributed by atoms with Gasteiger partial charge < -0.3 is 14.9 Å². The second-order valence-electron chi connectivity index (χ2n) is 6.56. The van der Waals surface area contributed by atoms with Crippen LogP contribution in [0.1, 0.15) is 36.0 Å². The number of aliphatic hydroxyl groups is 1. The topological polar surface area (TPSA) is 84.1 Å². The Labute approximate surface area is 156 Å². The van der Waals surface area contributed by atoms with Gasteiger partial charge >= 0.3 is 0 Å². The molecule has 0 aliphatic heterocycles. The van der Waals surface area contributed by atoms with E-state index >= 15 is 0 Å². The number of aliphatic hydroxyl groups excluding tert-OH is 1. The third kappa shape index (κ3) is 3.57. The van der Waals surface area contributed by atoms with Crippen molar-refractivity contribution in [3.8, 4) is 11.3 Å². The zero-order valence-electron chi connectivity index (χ0n) is 14.3. The van der Waals surface area contributed by atoms with E-state index in [1.54, 1.807) is 0 Å². The molecule has 2 N–H and O–H groups in total. The van der Waals surface area contributed by atoms with E-state index in [1.165, 1.54) is 0 Å². The fraction of sp³-hybridized carbons (Fsp3) is 0.316. The minimum Gasteiger partial charge on any atom is -0.393 e. The van der Waals surface area contributed by atoms with Crippen LogP contribution in [0.5, 0.6) is 0 Å². The molecule has 0 radical (unpaired) electrons. The predicted octanol–water partition coefficient (Wildman–Crippen LogP) is 3.94. The summed E-state index contributed by atoms with van der Waals surface area (Å²) in [5.41, 5.74) is 2.55. The van der Waals surface area contributed by atoms with Crippen LogP contribution >= 0.6 is 11.6 Å². The molecule has 0 atom stereocenters. The lowest BCUT2D eigenvalue weighted by atomic mass is 9.80.